The summed E-state index contributed by atoms with van der Waals surface area (Å²) in [5.74, 6) is 0.0950. The molecule has 116 valence electrons. The highest BCUT2D eigenvalue weighted by Gasteiger charge is 2.40. The van der Waals surface area contributed by atoms with E-state index in [1.807, 2.05) is 33.1 Å². The first kappa shape index (κ1) is 15.9. The van der Waals surface area contributed by atoms with Crippen LogP contribution in [-0.2, 0) is 16.0 Å². The van der Waals surface area contributed by atoms with E-state index in [1.54, 1.807) is 16.2 Å². The van der Waals surface area contributed by atoms with Crippen LogP contribution in [0.4, 0.5) is 0 Å². The number of rotatable bonds is 5. The number of carbonyl (C=O) groups is 2. The van der Waals surface area contributed by atoms with Gasteiger partial charge in [-0.25, -0.2) is 4.98 Å². The number of aryl methyl sites for hydroxylation is 1. The van der Waals surface area contributed by atoms with Gasteiger partial charge < -0.3 is 10.2 Å². The van der Waals surface area contributed by atoms with Gasteiger partial charge in [0.25, 0.3) is 0 Å². The minimum absolute atomic E-state index is 0.0303. The third-order valence-corrected chi connectivity index (χ3v) is 4.64. The van der Waals surface area contributed by atoms with Gasteiger partial charge in [-0.05, 0) is 19.3 Å². The monoisotopic (exact) mass is 309 g/mol. The summed E-state index contributed by atoms with van der Waals surface area (Å²) in [4.78, 5) is 31.0. The minimum atomic E-state index is -0.385. The second kappa shape index (κ2) is 6.56. The van der Waals surface area contributed by atoms with Crippen molar-refractivity contribution in [1.82, 2.24) is 15.2 Å². The van der Waals surface area contributed by atoms with Crippen molar-refractivity contribution in [2.24, 2.45) is 5.92 Å². The Labute approximate surface area is 129 Å². The van der Waals surface area contributed by atoms with Crippen molar-refractivity contribution < 1.29 is 9.59 Å². The summed E-state index contributed by atoms with van der Waals surface area (Å²) in [5, 5.41) is 5.88. The molecule has 1 aliphatic rings. The van der Waals surface area contributed by atoms with Crippen molar-refractivity contribution >= 4 is 23.2 Å². The van der Waals surface area contributed by atoms with Crippen LogP contribution in [0.5, 0.6) is 0 Å². The summed E-state index contributed by atoms with van der Waals surface area (Å²) in [6.45, 7) is 8.39. The number of carbonyl (C=O) groups excluding carboxylic acids is 2. The second-order valence-corrected chi connectivity index (χ2v) is 6.86. The zero-order valence-corrected chi connectivity index (χ0v) is 13.9. The van der Waals surface area contributed by atoms with Crippen molar-refractivity contribution in [2.75, 3.05) is 6.54 Å². The number of hydrogen-bond acceptors (Lipinski definition) is 4. The molecule has 1 saturated heterocycles. The fourth-order valence-electron chi connectivity index (χ4n) is 2.74. The summed E-state index contributed by atoms with van der Waals surface area (Å²) in [6, 6.07) is -0.760. The molecule has 2 rings (SSSR count). The van der Waals surface area contributed by atoms with E-state index in [9.17, 15) is 9.59 Å². The molecule has 2 amide bonds. The Kier molecular flexibility index (Phi) is 4.98. The van der Waals surface area contributed by atoms with Crippen LogP contribution < -0.4 is 5.32 Å². The lowest BCUT2D eigenvalue weighted by Crippen LogP contribution is -2.64. The van der Waals surface area contributed by atoms with Gasteiger partial charge in [0, 0.05) is 18.3 Å². The number of hydrogen-bond donors (Lipinski definition) is 1. The van der Waals surface area contributed by atoms with Crippen LogP contribution >= 0.6 is 11.3 Å². The van der Waals surface area contributed by atoms with Crippen LogP contribution in [0.3, 0.4) is 0 Å². The van der Waals surface area contributed by atoms with Gasteiger partial charge in [-0.2, -0.15) is 0 Å². The maximum absolute atomic E-state index is 12.5. The molecular formula is C15H23N3O2S. The van der Waals surface area contributed by atoms with Crippen molar-refractivity contribution in [2.45, 2.75) is 52.6 Å². The SMILES string of the molecule is CCC1NC(=O)C(C(C)C)N(CCc2csc(C)n2)C1=O. The molecule has 0 aromatic carbocycles. The minimum Gasteiger partial charge on any atom is -0.343 e. The number of nitrogens with one attached hydrogen (secondary N) is 1. The Morgan fingerprint density at radius 3 is 2.67 bits per heavy atom. The lowest BCUT2D eigenvalue weighted by atomic mass is 9.96. The van der Waals surface area contributed by atoms with Crippen molar-refractivity contribution in [3.05, 3.63) is 16.1 Å². The molecule has 0 radical (unpaired) electrons. The molecule has 1 aromatic heterocycles. The summed E-state index contributed by atoms with van der Waals surface area (Å²) in [7, 11) is 0. The standard InChI is InChI=1S/C15H23N3O2S/c1-5-12-15(20)18(13(9(2)3)14(19)17-12)7-6-11-8-21-10(4)16-11/h8-9,12-13H,5-7H2,1-4H3,(H,17,19). The van der Waals surface area contributed by atoms with Gasteiger partial charge in [0.15, 0.2) is 0 Å². The average Bonchev–Trinajstić information content (AvgIpc) is 2.84. The number of nitrogens with zero attached hydrogens (tertiary/aromatic N) is 2. The molecule has 6 heteroatoms. The molecule has 1 aromatic rings. The smallest absolute Gasteiger partial charge is 0.245 e. The molecule has 0 aliphatic carbocycles. The Morgan fingerprint density at radius 2 is 2.14 bits per heavy atom. The molecule has 0 bridgehead atoms. The molecule has 0 saturated carbocycles. The Balaban J connectivity index is 2.13. The normalized spacial score (nSPS) is 22.8. The van der Waals surface area contributed by atoms with Crippen LogP contribution in [0.2, 0.25) is 0 Å². The van der Waals surface area contributed by atoms with Gasteiger partial charge in [0.1, 0.15) is 12.1 Å². The number of aromatic nitrogens is 1. The van der Waals surface area contributed by atoms with E-state index in [-0.39, 0.29) is 29.8 Å². The van der Waals surface area contributed by atoms with E-state index in [0.29, 0.717) is 19.4 Å². The summed E-state index contributed by atoms with van der Waals surface area (Å²) >= 11 is 1.61. The number of thiazole rings is 1. The van der Waals surface area contributed by atoms with Crippen LogP contribution in [0.1, 0.15) is 37.9 Å². The Bertz CT molecular complexity index is 527. The maximum atomic E-state index is 12.5. The summed E-state index contributed by atoms with van der Waals surface area (Å²) in [5.41, 5.74) is 0.992. The van der Waals surface area contributed by atoms with Gasteiger partial charge in [-0.1, -0.05) is 20.8 Å². The molecule has 5 nitrogen and oxygen atoms in total. The van der Waals surface area contributed by atoms with E-state index in [4.69, 9.17) is 0 Å². The van der Waals surface area contributed by atoms with Gasteiger partial charge in [-0.3, -0.25) is 9.59 Å². The predicted molar refractivity (Wildman–Crippen MR) is 83.1 cm³/mol. The van der Waals surface area contributed by atoms with Crippen LogP contribution in [0, 0.1) is 12.8 Å². The highest BCUT2D eigenvalue weighted by atomic mass is 32.1. The summed E-state index contributed by atoms with van der Waals surface area (Å²) < 4.78 is 0. The lowest BCUT2D eigenvalue weighted by Gasteiger charge is -2.40. The van der Waals surface area contributed by atoms with Crippen LogP contribution in [0.25, 0.3) is 0 Å². The van der Waals surface area contributed by atoms with Gasteiger partial charge in [0.2, 0.25) is 11.8 Å². The maximum Gasteiger partial charge on any atom is 0.245 e. The Morgan fingerprint density at radius 1 is 1.43 bits per heavy atom. The Hall–Kier alpha value is -1.43. The van der Waals surface area contributed by atoms with E-state index in [2.05, 4.69) is 10.3 Å². The molecule has 2 atom stereocenters. The molecule has 1 aliphatic heterocycles. The van der Waals surface area contributed by atoms with E-state index in [1.165, 1.54) is 0 Å². The predicted octanol–water partition coefficient (Wildman–Crippen LogP) is 1.76. The first-order valence-electron chi connectivity index (χ1n) is 7.45. The average molecular weight is 309 g/mol. The molecule has 21 heavy (non-hydrogen) atoms. The molecule has 0 spiro atoms. The summed E-state index contributed by atoms with van der Waals surface area (Å²) in [6.07, 6.45) is 1.32. The third kappa shape index (κ3) is 3.43. The van der Waals surface area contributed by atoms with Crippen molar-refractivity contribution in [3.63, 3.8) is 0 Å². The van der Waals surface area contributed by atoms with Crippen molar-refractivity contribution in [3.8, 4) is 0 Å². The van der Waals surface area contributed by atoms with Crippen molar-refractivity contribution in [1.29, 1.82) is 0 Å². The molecule has 2 heterocycles. The molecular weight excluding hydrogens is 286 g/mol. The molecule has 1 fully saturated rings. The first-order chi connectivity index (χ1) is 9.93. The molecule has 2 unspecified atom stereocenters. The number of piperazine rings is 1. The largest absolute Gasteiger partial charge is 0.343 e. The highest BCUT2D eigenvalue weighted by Crippen LogP contribution is 2.19. The fraction of sp³-hybridized carbons (Fsp3) is 0.667. The zero-order valence-electron chi connectivity index (χ0n) is 13.0. The third-order valence-electron chi connectivity index (χ3n) is 3.82. The number of amides is 2. The highest BCUT2D eigenvalue weighted by molar-refractivity contribution is 7.09. The zero-order chi connectivity index (χ0) is 15.6. The van der Waals surface area contributed by atoms with E-state index >= 15 is 0 Å². The first-order valence-corrected chi connectivity index (χ1v) is 8.33. The fourth-order valence-corrected chi connectivity index (χ4v) is 3.39. The van der Waals surface area contributed by atoms with Gasteiger partial charge in [-0.15, -0.1) is 11.3 Å². The quantitative estimate of drug-likeness (QED) is 0.901. The van der Waals surface area contributed by atoms with Crippen LogP contribution in [-0.4, -0.2) is 40.3 Å². The second-order valence-electron chi connectivity index (χ2n) is 5.80. The molecule has 1 N–H and O–H groups in total. The van der Waals surface area contributed by atoms with E-state index < -0.39 is 0 Å². The van der Waals surface area contributed by atoms with E-state index in [0.717, 1.165) is 10.7 Å². The van der Waals surface area contributed by atoms with Gasteiger partial charge >= 0.3 is 0 Å². The van der Waals surface area contributed by atoms with Gasteiger partial charge in [0.05, 0.1) is 10.7 Å². The van der Waals surface area contributed by atoms with Crippen LogP contribution in [0.15, 0.2) is 5.38 Å². The topological polar surface area (TPSA) is 62.3 Å². The lowest BCUT2D eigenvalue weighted by molar-refractivity contribution is -0.151.